The van der Waals surface area contributed by atoms with Gasteiger partial charge in [0.25, 0.3) is 0 Å². The van der Waals surface area contributed by atoms with Crippen LogP contribution >= 0.6 is 0 Å². The van der Waals surface area contributed by atoms with Gasteiger partial charge < -0.3 is 14.6 Å². The molecule has 0 spiro atoms. The summed E-state index contributed by atoms with van der Waals surface area (Å²) in [6, 6.07) is 26.7. The van der Waals surface area contributed by atoms with Gasteiger partial charge in [-0.2, -0.15) is 0 Å². The standard InChI is InChI=1S/C27H24N4O/c1-3-32-23-14-12-22(13-15-23)31-17-24(20-9-5-4-6-10-20)25-26(28-18-29-27(25)31)30-21-11-7-8-19(2)16-21/h4-18H,3H2,1-2H3,(H,28,29,30). The highest BCUT2D eigenvalue weighted by molar-refractivity contribution is 6.03. The number of aryl methyl sites for hydroxylation is 1. The summed E-state index contributed by atoms with van der Waals surface area (Å²) < 4.78 is 7.72. The minimum Gasteiger partial charge on any atom is -0.494 e. The average Bonchev–Trinajstić information content (AvgIpc) is 3.21. The molecule has 0 saturated heterocycles. The van der Waals surface area contributed by atoms with Crippen LogP contribution in [0.4, 0.5) is 11.5 Å². The molecule has 0 saturated carbocycles. The van der Waals surface area contributed by atoms with Crippen LogP contribution in [0.2, 0.25) is 0 Å². The molecular weight excluding hydrogens is 396 g/mol. The number of fused-ring (bicyclic) bond motifs is 1. The zero-order valence-electron chi connectivity index (χ0n) is 18.1. The molecule has 0 fully saturated rings. The molecule has 5 aromatic rings. The summed E-state index contributed by atoms with van der Waals surface area (Å²) in [5.74, 6) is 1.64. The van der Waals surface area contributed by atoms with Crippen molar-refractivity contribution in [1.29, 1.82) is 0 Å². The van der Waals surface area contributed by atoms with Crippen LogP contribution in [0, 0.1) is 6.92 Å². The quantitative estimate of drug-likeness (QED) is 0.339. The Kier molecular flexibility index (Phi) is 5.30. The summed E-state index contributed by atoms with van der Waals surface area (Å²) in [5.41, 5.74) is 6.24. The fourth-order valence-corrected chi connectivity index (χ4v) is 3.92. The predicted molar refractivity (Wildman–Crippen MR) is 130 cm³/mol. The first kappa shape index (κ1) is 19.8. The first-order valence-corrected chi connectivity index (χ1v) is 10.7. The van der Waals surface area contributed by atoms with E-state index >= 15 is 0 Å². The van der Waals surface area contributed by atoms with Gasteiger partial charge in [0.15, 0.2) is 5.65 Å². The Labute approximate surface area is 187 Å². The molecule has 32 heavy (non-hydrogen) atoms. The van der Waals surface area contributed by atoms with Crippen molar-refractivity contribution >= 4 is 22.5 Å². The van der Waals surface area contributed by atoms with Crippen LogP contribution in [0.5, 0.6) is 5.75 Å². The monoisotopic (exact) mass is 420 g/mol. The lowest BCUT2D eigenvalue weighted by atomic mass is 10.1. The Hall–Kier alpha value is -4.12. The first-order chi connectivity index (χ1) is 15.7. The molecule has 1 N–H and O–H groups in total. The zero-order chi connectivity index (χ0) is 21.9. The van der Waals surface area contributed by atoms with E-state index < -0.39 is 0 Å². The highest BCUT2D eigenvalue weighted by Gasteiger charge is 2.17. The van der Waals surface area contributed by atoms with Crippen LogP contribution in [0.1, 0.15) is 12.5 Å². The molecular formula is C27H24N4O. The highest BCUT2D eigenvalue weighted by atomic mass is 16.5. The average molecular weight is 421 g/mol. The molecule has 0 atom stereocenters. The smallest absolute Gasteiger partial charge is 0.150 e. The number of aromatic nitrogens is 3. The van der Waals surface area contributed by atoms with Gasteiger partial charge in [0.1, 0.15) is 17.9 Å². The largest absolute Gasteiger partial charge is 0.494 e. The second-order valence-corrected chi connectivity index (χ2v) is 7.62. The van der Waals surface area contributed by atoms with Gasteiger partial charge in [-0.15, -0.1) is 0 Å². The van der Waals surface area contributed by atoms with Crippen LogP contribution in [0.25, 0.3) is 27.8 Å². The van der Waals surface area contributed by atoms with E-state index in [1.807, 2.05) is 49.4 Å². The van der Waals surface area contributed by atoms with E-state index in [0.29, 0.717) is 6.61 Å². The Morgan fingerprint density at radius 2 is 1.72 bits per heavy atom. The molecule has 0 aliphatic heterocycles. The fraction of sp³-hybridized carbons (Fsp3) is 0.111. The number of ether oxygens (including phenoxy) is 1. The third-order valence-corrected chi connectivity index (χ3v) is 5.37. The number of hydrogen-bond acceptors (Lipinski definition) is 4. The zero-order valence-corrected chi connectivity index (χ0v) is 18.1. The third-order valence-electron chi connectivity index (χ3n) is 5.37. The van der Waals surface area contributed by atoms with Crippen molar-refractivity contribution < 1.29 is 4.74 Å². The molecule has 2 heterocycles. The van der Waals surface area contributed by atoms with Crippen molar-refractivity contribution in [3.05, 3.63) is 97.0 Å². The van der Waals surface area contributed by atoms with E-state index in [1.54, 1.807) is 6.33 Å². The van der Waals surface area contributed by atoms with Gasteiger partial charge in [-0.1, -0.05) is 42.5 Å². The molecule has 5 nitrogen and oxygen atoms in total. The minimum absolute atomic E-state index is 0.644. The molecule has 0 amide bonds. The molecule has 5 rings (SSSR count). The van der Waals surface area contributed by atoms with E-state index in [2.05, 4.69) is 69.4 Å². The van der Waals surface area contributed by atoms with Crippen molar-refractivity contribution in [2.75, 3.05) is 11.9 Å². The Balaban J connectivity index is 1.69. The van der Waals surface area contributed by atoms with Crippen LogP contribution in [0.15, 0.2) is 91.4 Å². The van der Waals surface area contributed by atoms with Crippen LogP contribution < -0.4 is 10.1 Å². The second kappa shape index (κ2) is 8.55. The lowest BCUT2D eigenvalue weighted by Gasteiger charge is -2.10. The summed E-state index contributed by atoms with van der Waals surface area (Å²) in [4.78, 5) is 9.27. The van der Waals surface area contributed by atoms with Gasteiger partial charge in [-0.05, 0) is 61.4 Å². The summed E-state index contributed by atoms with van der Waals surface area (Å²) in [6.07, 6.45) is 3.74. The van der Waals surface area contributed by atoms with Crippen LogP contribution in [0.3, 0.4) is 0 Å². The maximum Gasteiger partial charge on any atom is 0.150 e. The maximum atomic E-state index is 5.61. The summed E-state index contributed by atoms with van der Waals surface area (Å²) >= 11 is 0. The van der Waals surface area contributed by atoms with E-state index in [-0.39, 0.29) is 0 Å². The van der Waals surface area contributed by atoms with Gasteiger partial charge >= 0.3 is 0 Å². The molecule has 0 aliphatic rings. The molecule has 2 aromatic heterocycles. The number of nitrogens with one attached hydrogen (secondary N) is 1. The Bertz CT molecular complexity index is 1360. The van der Waals surface area contributed by atoms with Crippen molar-refractivity contribution in [2.45, 2.75) is 13.8 Å². The predicted octanol–water partition coefficient (Wildman–Crippen LogP) is 6.54. The van der Waals surface area contributed by atoms with Crippen LogP contribution in [-0.4, -0.2) is 21.1 Å². The van der Waals surface area contributed by atoms with Gasteiger partial charge in [-0.3, -0.25) is 0 Å². The first-order valence-electron chi connectivity index (χ1n) is 10.7. The lowest BCUT2D eigenvalue weighted by Crippen LogP contribution is -1.98. The van der Waals surface area contributed by atoms with Gasteiger partial charge in [0, 0.05) is 23.1 Å². The summed E-state index contributed by atoms with van der Waals surface area (Å²) in [6.45, 7) is 4.71. The number of anilines is 2. The normalized spacial score (nSPS) is 10.9. The molecule has 3 aromatic carbocycles. The topological polar surface area (TPSA) is 52.0 Å². The molecule has 0 unspecified atom stereocenters. The summed E-state index contributed by atoms with van der Waals surface area (Å²) in [5, 5.41) is 4.48. The highest BCUT2D eigenvalue weighted by Crippen LogP contribution is 2.36. The molecule has 0 bridgehead atoms. The van der Waals surface area contributed by atoms with Crippen LogP contribution in [-0.2, 0) is 0 Å². The number of rotatable bonds is 6. The van der Waals surface area contributed by atoms with Crippen molar-refractivity contribution in [3.8, 4) is 22.6 Å². The maximum absolute atomic E-state index is 5.61. The molecule has 0 radical (unpaired) electrons. The molecule has 5 heteroatoms. The van der Waals surface area contributed by atoms with Gasteiger partial charge in [0.05, 0.1) is 12.0 Å². The Morgan fingerprint density at radius 1 is 0.906 bits per heavy atom. The van der Waals surface area contributed by atoms with Crippen molar-refractivity contribution in [3.63, 3.8) is 0 Å². The molecule has 0 aliphatic carbocycles. The van der Waals surface area contributed by atoms with E-state index in [0.717, 1.165) is 45.1 Å². The van der Waals surface area contributed by atoms with Crippen molar-refractivity contribution in [1.82, 2.24) is 14.5 Å². The third kappa shape index (κ3) is 3.81. The molecule has 158 valence electrons. The van der Waals surface area contributed by atoms with Gasteiger partial charge in [0.2, 0.25) is 0 Å². The van der Waals surface area contributed by atoms with E-state index in [4.69, 9.17) is 4.74 Å². The van der Waals surface area contributed by atoms with E-state index in [1.165, 1.54) is 5.56 Å². The second-order valence-electron chi connectivity index (χ2n) is 7.62. The van der Waals surface area contributed by atoms with Crippen molar-refractivity contribution in [2.24, 2.45) is 0 Å². The fourth-order valence-electron chi connectivity index (χ4n) is 3.92. The van der Waals surface area contributed by atoms with E-state index in [9.17, 15) is 0 Å². The SMILES string of the molecule is CCOc1ccc(-n2cc(-c3ccccc3)c3c(Nc4cccc(C)c4)ncnc32)cc1. The number of hydrogen-bond donors (Lipinski definition) is 1. The van der Waals surface area contributed by atoms with Gasteiger partial charge in [-0.25, -0.2) is 9.97 Å². The minimum atomic E-state index is 0.644. The number of nitrogens with zero attached hydrogens (tertiary/aromatic N) is 3. The summed E-state index contributed by atoms with van der Waals surface area (Å²) in [7, 11) is 0. The Morgan fingerprint density at radius 3 is 2.47 bits per heavy atom. The number of benzene rings is 3. The lowest BCUT2D eigenvalue weighted by molar-refractivity contribution is 0.340.